The van der Waals surface area contributed by atoms with Crippen molar-refractivity contribution >= 4 is 26.0 Å². The first-order chi connectivity index (χ1) is 8.71. The smallest absolute Gasteiger partial charge is 0.355 e. The summed E-state index contributed by atoms with van der Waals surface area (Å²) in [6, 6.07) is 8.59. The van der Waals surface area contributed by atoms with Gasteiger partial charge in [0.2, 0.25) is 8.46 Å². The lowest BCUT2D eigenvalue weighted by molar-refractivity contribution is -0.161. The second-order valence-electron chi connectivity index (χ2n) is 3.36. The highest BCUT2D eigenvalue weighted by atomic mass is 35.5. The zero-order valence-electron chi connectivity index (χ0n) is 9.97. The van der Waals surface area contributed by atoms with E-state index in [1.807, 2.05) is 0 Å². The van der Waals surface area contributed by atoms with Crippen molar-refractivity contribution in [3.8, 4) is 0 Å². The first-order valence-corrected chi connectivity index (χ1v) is 6.83. The van der Waals surface area contributed by atoms with E-state index in [-0.39, 0.29) is 19.1 Å². The maximum Gasteiger partial charge on any atom is 0.355 e. The molecule has 0 N–H and O–H groups in total. The normalized spacial score (nSPS) is 14.1. The second kappa shape index (κ2) is 7.47. The summed E-state index contributed by atoms with van der Waals surface area (Å²) in [4.78, 5) is 12.0. The van der Waals surface area contributed by atoms with Crippen molar-refractivity contribution in [2.45, 2.75) is 12.3 Å². The Labute approximate surface area is 112 Å². The fourth-order valence-electron chi connectivity index (χ4n) is 1.46. The van der Waals surface area contributed by atoms with Crippen LogP contribution in [-0.4, -0.2) is 25.1 Å². The van der Waals surface area contributed by atoms with Gasteiger partial charge in [-0.15, -0.1) is 11.6 Å². The average molecular weight is 289 g/mol. The lowest BCUT2D eigenvalue weighted by Gasteiger charge is -2.24. The summed E-state index contributed by atoms with van der Waals surface area (Å²) in [5.41, 5.74) is 0.477. The molecule has 0 aliphatic heterocycles. The van der Waals surface area contributed by atoms with Gasteiger partial charge in [-0.1, -0.05) is 30.3 Å². The SMILES string of the molecule is CCOC(=O)C(OCCCl)(P=O)c1ccccc1. The quantitative estimate of drug-likeness (QED) is 0.440. The van der Waals surface area contributed by atoms with Crippen LogP contribution in [0.2, 0.25) is 0 Å². The molecule has 0 heterocycles. The Bertz CT molecular complexity index is 398. The molecule has 0 aliphatic carbocycles. The predicted octanol–water partition coefficient (Wildman–Crippen LogP) is 2.95. The lowest BCUT2D eigenvalue weighted by atomic mass is 10.1. The van der Waals surface area contributed by atoms with E-state index in [1.54, 1.807) is 37.3 Å². The molecular weight excluding hydrogens is 275 g/mol. The monoisotopic (exact) mass is 288 g/mol. The van der Waals surface area contributed by atoms with Crippen molar-refractivity contribution in [1.82, 2.24) is 0 Å². The van der Waals surface area contributed by atoms with Gasteiger partial charge in [-0.05, 0) is 6.92 Å². The van der Waals surface area contributed by atoms with Crippen molar-refractivity contribution in [1.29, 1.82) is 0 Å². The standard InChI is InChI=1S/C12H14ClO4P/c1-2-16-11(14)12(18-15,17-9-8-13)10-6-4-3-5-7-10/h3-7H,2,8-9H2,1H3. The van der Waals surface area contributed by atoms with Gasteiger partial charge in [-0.25, -0.2) is 4.79 Å². The van der Waals surface area contributed by atoms with E-state index in [1.165, 1.54) is 0 Å². The third-order valence-electron chi connectivity index (χ3n) is 2.23. The number of hydrogen-bond acceptors (Lipinski definition) is 4. The van der Waals surface area contributed by atoms with Crippen LogP contribution in [0.25, 0.3) is 0 Å². The van der Waals surface area contributed by atoms with Crippen LogP contribution >= 0.6 is 20.1 Å². The number of alkyl halides is 1. The third kappa shape index (κ3) is 3.29. The molecular formula is C12H14ClO4P. The number of benzene rings is 1. The Morgan fingerprint density at radius 3 is 2.56 bits per heavy atom. The Morgan fingerprint density at radius 1 is 1.39 bits per heavy atom. The van der Waals surface area contributed by atoms with Crippen LogP contribution in [0.4, 0.5) is 0 Å². The summed E-state index contributed by atoms with van der Waals surface area (Å²) in [5, 5.41) is -1.63. The Hall–Kier alpha value is -0.960. The summed E-state index contributed by atoms with van der Waals surface area (Å²) in [6.45, 7) is 1.97. The highest BCUT2D eigenvalue weighted by Gasteiger charge is 2.44. The predicted molar refractivity (Wildman–Crippen MR) is 69.0 cm³/mol. The molecule has 1 aromatic rings. The topological polar surface area (TPSA) is 52.6 Å². The van der Waals surface area contributed by atoms with Crippen LogP contribution in [0, 0.1) is 0 Å². The number of halogens is 1. The third-order valence-corrected chi connectivity index (χ3v) is 3.22. The Morgan fingerprint density at radius 2 is 2.06 bits per heavy atom. The van der Waals surface area contributed by atoms with E-state index in [0.29, 0.717) is 5.56 Å². The van der Waals surface area contributed by atoms with Gasteiger partial charge < -0.3 is 9.47 Å². The Kier molecular flexibility index (Phi) is 6.27. The van der Waals surface area contributed by atoms with E-state index in [4.69, 9.17) is 21.1 Å². The van der Waals surface area contributed by atoms with Gasteiger partial charge in [0.25, 0.3) is 5.34 Å². The van der Waals surface area contributed by atoms with Crippen LogP contribution in [0.15, 0.2) is 30.3 Å². The molecule has 0 radical (unpaired) electrons. The first kappa shape index (κ1) is 15.1. The minimum absolute atomic E-state index is 0.102. The number of ether oxygens (including phenoxy) is 2. The second-order valence-corrected chi connectivity index (χ2v) is 4.55. The van der Waals surface area contributed by atoms with Crippen LogP contribution < -0.4 is 0 Å². The average Bonchev–Trinajstić information content (AvgIpc) is 2.42. The zero-order chi connectivity index (χ0) is 13.4. The van der Waals surface area contributed by atoms with E-state index in [9.17, 15) is 9.36 Å². The number of carbonyl (C=O) groups is 1. The molecule has 18 heavy (non-hydrogen) atoms. The van der Waals surface area contributed by atoms with Crippen LogP contribution in [0.5, 0.6) is 0 Å². The zero-order valence-corrected chi connectivity index (χ0v) is 11.6. The fourth-order valence-corrected chi connectivity index (χ4v) is 2.07. The van der Waals surface area contributed by atoms with E-state index >= 15 is 0 Å². The van der Waals surface area contributed by atoms with Gasteiger partial charge in [0, 0.05) is 11.4 Å². The van der Waals surface area contributed by atoms with Gasteiger partial charge >= 0.3 is 5.97 Å². The van der Waals surface area contributed by atoms with E-state index < -0.39 is 19.8 Å². The summed E-state index contributed by atoms with van der Waals surface area (Å²) in [7, 11) is -0.478. The molecule has 0 amide bonds. The molecule has 0 saturated heterocycles. The fraction of sp³-hybridized carbons (Fsp3) is 0.417. The minimum Gasteiger partial charge on any atom is -0.463 e. The number of carbonyl (C=O) groups excluding carboxylic acids is 1. The number of esters is 1. The highest BCUT2D eigenvalue weighted by molar-refractivity contribution is 7.26. The summed E-state index contributed by atoms with van der Waals surface area (Å²) < 4.78 is 21.8. The number of hydrogen-bond donors (Lipinski definition) is 0. The molecule has 1 unspecified atom stereocenters. The largest absolute Gasteiger partial charge is 0.463 e. The molecule has 6 heteroatoms. The summed E-state index contributed by atoms with van der Waals surface area (Å²) >= 11 is 5.55. The van der Waals surface area contributed by atoms with Gasteiger partial charge in [-0.3, -0.25) is 4.57 Å². The Balaban J connectivity index is 3.13. The summed E-state index contributed by atoms with van der Waals surface area (Å²) in [6.07, 6.45) is 0. The molecule has 1 aromatic carbocycles. The molecule has 0 fully saturated rings. The van der Waals surface area contributed by atoms with Gasteiger partial charge in [0.05, 0.1) is 13.2 Å². The molecule has 0 bridgehead atoms. The van der Waals surface area contributed by atoms with Gasteiger partial charge in [0.1, 0.15) is 0 Å². The molecule has 0 aliphatic rings. The van der Waals surface area contributed by atoms with Crippen molar-refractivity contribution < 1.29 is 18.8 Å². The lowest BCUT2D eigenvalue weighted by Crippen LogP contribution is -2.35. The maximum atomic E-state index is 12.0. The van der Waals surface area contributed by atoms with Gasteiger partial charge in [-0.2, -0.15) is 0 Å². The van der Waals surface area contributed by atoms with Crippen molar-refractivity contribution in [3.63, 3.8) is 0 Å². The van der Waals surface area contributed by atoms with Gasteiger partial charge in [0.15, 0.2) is 0 Å². The van der Waals surface area contributed by atoms with Crippen LogP contribution in [0.1, 0.15) is 12.5 Å². The van der Waals surface area contributed by atoms with E-state index in [0.717, 1.165) is 0 Å². The van der Waals surface area contributed by atoms with Crippen LogP contribution in [-0.2, 0) is 24.2 Å². The minimum atomic E-state index is -1.63. The molecule has 0 aromatic heterocycles. The molecule has 0 spiro atoms. The van der Waals surface area contributed by atoms with E-state index in [2.05, 4.69) is 0 Å². The highest BCUT2D eigenvalue weighted by Crippen LogP contribution is 2.38. The molecule has 1 atom stereocenters. The summed E-state index contributed by atoms with van der Waals surface area (Å²) in [5.74, 6) is -0.484. The molecule has 0 saturated carbocycles. The molecule has 4 nitrogen and oxygen atoms in total. The first-order valence-electron chi connectivity index (χ1n) is 5.48. The van der Waals surface area contributed by atoms with Crippen molar-refractivity contribution in [3.05, 3.63) is 35.9 Å². The van der Waals surface area contributed by atoms with Crippen molar-refractivity contribution in [2.24, 2.45) is 0 Å². The molecule has 98 valence electrons. The van der Waals surface area contributed by atoms with Crippen LogP contribution in [0.3, 0.4) is 0 Å². The number of rotatable bonds is 7. The molecule has 1 rings (SSSR count). The maximum absolute atomic E-state index is 12.0. The van der Waals surface area contributed by atoms with Crippen molar-refractivity contribution in [2.75, 3.05) is 19.1 Å².